The van der Waals surface area contributed by atoms with Crippen LogP contribution in [0, 0.1) is 13.8 Å². The van der Waals surface area contributed by atoms with Gasteiger partial charge in [-0.05, 0) is 75.1 Å². The summed E-state index contributed by atoms with van der Waals surface area (Å²) >= 11 is 0. The van der Waals surface area contributed by atoms with Crippen molar-refractivity contribution in [2.24, 2.45) is 0 Å². The summed E-state index contributed by atoms with van der Waals surface area (Å²) in [5, 5.41) is 2.95. The van der Waals surface area contributed by atoms with Crippen LogP contribution in [-0.4, -0.2) is 26.1 Å². The van der Waals surface area contributed by atoms with E-state index in [9.17, 15) is 13.2 Å². The first-order chi connectivity index (χ1) is 12.2. The molecule has 1 atom stereocenters. The lowest BCUT2D eigenvalue weighted by molar-refractivity contribution is 0.102. The lowest BCUT2D eigenvalue weighted by Crippen LogP contribution is -2.36. The van der Waals surface area contributed by atoms with Crippen LogP contribution in [0.3, 0.4) is 0 Å². The number of rotatable bonds is 4. The normalized spacial score (nSPS) is 16.5. The molecule has 1 aliphatic rings. The van der Waals surface area contributed by atoms with E-state index in [2.05, 4.69) is 5.32 Å². The lowest BCUT2D eigenvalue weighted by atomic mass is 10.1. The Hall–Kier alpha value is -2.34. The lowest BCUT2D eigenvalue weighted by Gasteiger charge is -2.23. The van der Waals surface area contributed by atoms with Gasteiger partial charge in [0, 0.05) is 17.3 Å². The Morgan fingerprint density at radius 3 is 2.62 bits per heavy atom. The van der Waals surface area contributed by atoms with Crippen LogP contribution in [0.5, 0.6) is 0 Å². The average Bonchev–Trinajstić information content (AvgIpc) is 2.93. The number of sulfonamides is 1. The molecular weight excluding hydrogens is 348 g/mol. The number of anilines is 2. The van der Waals surface area contributed by atoms with Crippen molar-refractivity contribution < 1.29 is 13.2 Å². The van der Waals surface area contributed by atoms with Gasteiger partial charge in [-0.15, -0.1) is 0 Å². The maximum atomic E-state index is 12.7. The zero-order valence-corrected chi connectivity index (χ0v) is 16.4. The van der Waals surface area contributed by atoms with Gasteiger partial charge in [-0.1, -0.05) is 12.1 Å². The second-order valence-corrected chi connectivity index (χ2v) is 9.00. The second-order valence-electron chi connectivity index (χ2n) is 6.87. The van der Waals surface area contributed by atoms with E-state index in [0.717, 1.165) is 22.4 Å². The molecule has 5 nitrogen and oxygen atoms in total. The molecule has 3 rings (SSSR count). The average molecular weight is 372 g/mol. The summed E-state index contributed by atoms with van der Waals surface area (Å²) in [6.07, 6.45) is 0.610. The van der Waals surface area contributed by atoms with E-state index in [1.807, 2.05) is 39.0 Å². The van der Waals surface area contributed by atoms with Crippen LogP contribution in [0.15, 0.2) is 36.4 Å². The van der Waals surface area contributed by atoms with Crippen LogP contribution < -0.4 is 9.62 Å². The van der Waals surface area contributed by atoms with Gasteiger partial charge in [-0.3, -0.25) is 9.10 Å². The Labute approximate surface area is 155 Å². The van der Waals surface area contributed by atoms with Gasteiger partial charge in [0.05, 0.1) is 11.4 Å². The molecule has 0 spiro atoms. The minimum atomic E-state index is -3.32. The molecule has 2 aromatic rings. The van der Waals surface area contributed by atoms with Crippen molar-refractivity contribution in [1.29, 1.82) is 0 Å². The number of aryl methyl sites for hydroxylation is 2. The monoisotopic (exact) mass is 372 g/mol. The SMILES string of the molecule is CCS(=O)(=O)N1c2ccc(C(=O)Nc3cc(C)ccc3C)cc2C[C@H]1C. The molecule has 6 heteroatoms. The van der Waals surface area contributed by atoms with E-state index in [1.54, 1.807) is 25.1 Å². The van der Waals surface area contributed by atoms with E-state index in [4.69, 9.17) is 0 Å². The quantitative estimate of drug-likeness (QED) is 0.891. The topological polar surface area (TPSA) is 66.5 Å². The molecule has 2 aromatic carbocycles. The van der Waals surface area contributed by atoms with Crippen molar-refractivity contribution in [3.63, 3.8) is 0 Å². The molecule has 0 aromatic heterocycles. The van der Waals surface area contributed by atoms with E-state index in [-0.39, 0.29) is 17.7 Å². The minimum absolute atomic E-state index is 0.0612. The van der Waals surface area contributed by atoms with Gasteiger partial charge in [-0.25, -0.2) is 8.42 Å². The summed E-state index contributed by atoms with van der Waals surface area (Å²) in [5.74, 6) is -0.128. The molecule has 0 bridgehead atoms. The van der Waals surface area contributed by atoms with Crippen molar-refractivity contribution in [3.8, 4) is 0 Å². The van der Waals surface area contributed by atoms with Gasteiger partial charge in [0.1, 0.15) is 0 Å². The van der Waals surface area contributed by atoms with Crippen LogP contribution in [0.4, 0.5) is 11.4 Å². The largest absolute Gasteiger partial charge is 0.322 e. The predicted molar refractivity (Wildman–Crippen MR) is 105 cm³/mol. The number of nitrogens with one attached hydrogen (secondary N) is 1. The molecule has 0 radical (unpaired) electrons. The standard InChI is InChI=1S/C20H24N2O3S/c1-5-26(24,25)22-15(4)11-17-12-16(8-9-19(17)22)20(23)21-18-10-13(2)6-7-14(18)3/h6-10,12,15H,5,11H2,1-4H3,(H,21,23)/t15-/m1/s1. The highest BCUT2D eigenvalue weighted by molar-refractivity contribution is 7.92. The van der Waals surface area contributed by atoms with Crippen molar-refractivity contribution in [2.75, 3.05) is 15.4 Å². The van der Waals surface area contributed by atoms with E-state index >= 15 is 0 Å². The Kier molecular flexibility index (Phi) is 4.80. The third kappa shape index (κ3) is 3.33. The maximum Gasteiger partial charge on any atom is 0.255 e. The van der Waals surface area contributed by atoms with Crippen molar-refractivity contribution in [3.05, 3.63) is 58.7 Å². The summed E-state index contributed by atoms with van der Waals surface area (Å²) in [6, 6.07) is 11.0. The highest BCUT2D eigenvalue weighted by Crippen LogP contribution is 2.35. The van der Waals surface area contributed by atoms with Crippen LogP contribution in [0.1, 0.15) is 40.9 Å². The number of carbonyl (C=O) groups excluding carboxylic acids is 1. The van der Waals surface area contributed by atoms with Crippen LogP contribution in [0.2, 0.25) is 0 Å². The predicted octanol–water partition coefficient (Wildman–Crippen LogP) is 3.66. The molecule has 1 heterocycles. The van der Waals surface area contributed by atoms with Gasteiger partial charge >= 0.3 is 0 Å². The Morgan fingerprint density at radius 2 is 1.92 bits per heavy atom. The molecule has 1 amide bonds. The van der Waals surface area contributed by atoms with Crippen LogP contribution >= 0.6 is 0 Å². The van der Waals surface area contributed by atoms with Gasteiger partial charge in [-0.2, -0.15) is 0 Å². The zero-order valence-electron chi connectivity index (χ0n) is 15.5. The van der Waals surface area contributed by atoms with Gasteiger partial charge < -0.3 is 5.32 Å². The summed E-state index contributed by atoms with van der Waals surface area (Å²) < 4.78 is 26.2. The summed E-state index contributed by atoms with van der Waals surface area (Å²) in [7, 11) is -3.32. The number of nitrogens with zero attached hydrogens (tertiary/aromatic N) is 1. The minimum Gasteiger partial charge on any atom is -0.322 e. The first-order valence-corrected chi connectivity index (χ1v) is 10.4. The molecule has 1 N–H and O–H groups in total. The van der Waals surface area contributed by atoms with Crippen LogP contribution in [-0.2, 0) is 16.4 Å². The molecule has 0 aliphatic carbocycles. The summed E-state index contributed by atoms with van der Waals surface area (Å²) in [6.45, 7) is 7.47. The summed E-state index contributed by atoms with van der Waals surface area (Å²) in [4.78, 5) is 12.7. The van der Waals surface area contributed by atoms with Gasteiger partial charge in [0.15, 0.2) is 0 Å². The fourth-order valence-electron chi connectivity index (χ4n) is 3.37. The smallest absolute Gasteiger partial charge is 0.255 e. The summed E-state index contributed by atoms with van der Waals surface area (Å²) in [5.41, 5.74) is 4.98. The van der Waals surface area contributed by atoms with Gasteiger partial charge in [0.25, 0.3) is 5.91 Å². The Bertz CT molecular complexity index is 967. The molecule has 1 aliphatic heterocycles. The molecule has 0 saturated carbocycles. The highest BCUT2D eigenvalue weighted by Gasteiger charge is 2.34. The fraction of sp³-hybridized carbons (Fsp3) is 0.350. The maximum absolute atomic E-state index is 12.7. The first-order valence-electron chi connectivity index (χ1n) is 8.76. The fourth-order valence-corrected chi connectivity index (χ4v) is 4.75. The number of hydrogen-bond donors (Lipinski definition) is 1. The number of hydrogen-bond acceptors (Lipinski definition) is 3. The number of carbonyl (C=O) groups is 1. The molecule has 138 valence electrons. The molecule has 0 saturated heterocycles. The first kappa shape index (κ1) is 18.5. The van der Waals surface area contributed by atoms with Crippen molar-refractivity contribution in [2.45, 2.75) is 40.2 Å². The van der Waals surface area contributed by atoms with E-state index in [1.165, 1.54) is 4.31 Å². The molecule has 0 fully saturated rings. The van der Waals surface area contributed by atoms with Crippen LogP contribution in [0.25, 0.3) is 0 Å². The van der Waals surface area contributed by atoms with E-state index < -0.39 is 10.0 Å². The molecule has 26 heavy (non-hydrogen) atoms. The number of fused-ring (bicyclic) bond motifs is 1. The molecular formula is C20H24N2O3S. The third-order valence-corrected chi connectivity index (χ3v) is 6.69. The second kappa shape index (κ2) is 6.76. The van der Waals surface area contributed by atoms with E-state index in [0.29, 0.717) is 17.7 Å². The Balaban J connectivity index is 1.89. The van der Waals surface area contributed by atoms with Crippen molar-refractivity contribution >= 4 is 27.3 Å². The Morgan fingerprint density at radius 1 is 1.19 bits per heavy atom. The number of benzene rings is 2. The van der Waals surface area contributed by atoms with Crippen molar-refractivity contribution in [1.82, 2.24) is 0 Å². The number of amides is 1. The molecule has 0 unspecified atom stereocenters. The zero-order chi connectivity index (χ0) is 19.1. The third-order valence-electron chi connectivity index (χ3n) is 4.80. The highest BCUT2D eigenvalue weighted by atomic mass is 32.2. The van der Waals surface area contributed by atoms with Gasteiger partial charge in [0.2, 0.25) is 10.0 Å².